The fourth-order valence-corrected chi connectivity index (χ4v) is 4.12. The van der Waals surface area contributed by atoms with Gasteiger partial charge in [-0.25, -0.2) is 9.69 Å². The Bertz CT molecular complexity index is 999. The predicted octanol–water partition coefficient (Wildman–Crippen LogP) is 5.05. The molecular weight excluding hydrogens is 452 g/mol. The van der Waals surface area contributed by atoms with Gasteiger partial charge in [-0.05, 0) is 57.0 Å². The van der Waals surface area contributed by atoms with Crippen LogP contribution in [0.25, 0.3) is 0 Å². The molecule has 1 aliphatic rings. The lowest BCUT2D eigenvalue weighted by Gasteiger charge is -2.31. The molecule has 0 bridgehead atoms. The number of ether oxygens (including phenoxy) is 1. The lowest BCUT2D eigenvalue weighted by atomic mass is 9.69. The monoisotopic (exact) mass is 474 g/mol. The molecule has 2 atom stereocenters. The molecule has 0 spiro atoms. The third-order valence-corrected chi connectivity index (χ3v) is 5.76. The van der Waals surface area contributed by atoms with E-state index in [0.717, 1.165) is 9.37 Å². The van der Waals surface area contributed by atoms with Crippen LogP contribution in [0.1, 0.15) is 44.7 Å². The zero-order chi connectivity index (χ0) is 22.3. The number of carbonyl (C=O) groups excluding carboxylic acids is 2. The molecule has 7 nitrogen and oxygen atoms in total. The van der Waals surface area contributed by atoms with Crippen molar-refractivity contribution in [1.82, 2.24) is 0 Å². The average Bonchev–Trinajstić information content (AvgIpc) is 2.88. The second-order valence-electron chi connectivity index (χ2n) is 8.46. The number of halogens is 1. The molecule has 158 valence electrons. The number of imide groups is 1. The Labute approximate surface area is 183 Å². The lowest BCUT2D eigenvalue weighted by Crippen LogP contribution is -2.47. The van der Waals surface area contributed by atoms with Crippen molar-refractivity contribution in [2.45, 2.75) is 44.6 Å². The highest BCUT2D eigenvalue weighted by Crippen LogP contribution is 2.50. The van der Waals surface area contributed by atoms with E-state index in [0.29, 0.717) is 16.8 Å². The molecule has 0 aromatic heterocycles. The van der Waals surface area contributed by atoms with Gasteiger partial charge in [0, 0.05) is 9.40 Å². The quantitative estimate of drug-likeness (QED) is 0.456. The van der Waals surface area contributed by atoms with Gasteiger partial charge in [0.05, 0.1) is 17.0 Å². The molecule has 0 radical (unpaired) electrons. The molecule has 2 amide bonds. The number of hydrogen-bond donors (Lipinski definition) is 0. The minimum atomic E-state index is -1.31. The molecule has 0 aliphatic carbocycles. The van der Waals surface area contributed by atoms with E-state index in [1.807, 2.05) is 0 Å². The summed E-state index contributed by atoms with van der Waals surface area (Å²) >= 11 is 3.37. The average molecular weight is 475 g/mol. The number of fused-ring (bicyclic) bond motifs is 1. The van der Waals surface area contributed by atoms with Gasteiger partial charge in [0.15, 0.2) is 0 Å². The Kier molecular flexibility index (Phi) is 5.73. The van der Waals surface area contributed by atoms with Crippen LogP contribution in [-0.4, -0.2) is 29.1 Å². The number of nitro groups is 1. The van der Waals surface area contributed by atoms with Gasteiger partial charge in [-0.15, -0.1) is 0 Å². The van der Waals surface area contributed by atoms with Crippen LogP contribution >= 0.6 is 15.9 Å². The molecule has 2 aromatic carbocycles. The normalized spacial score (nSPS) is 19.4. The van der Waals surface area contributed by atoms with Gasteiger partial charge in [0.2, 0.25) is 12.5 Å². The van der Waals surface area contributed by atoms with Crippen molar-refractivity contribution >= 4 is 33.6 Å². The Morgan fingerprint density at radius 3 is 2.37 bits per heavy atom. The van der Waals surface area contributed by atoms with Crippen molar-refractivity contribution in [2.75, 3.05) is 11.4 Å². The maximum absolute atomic E-state index is 13.7. The minimum Gasteiger partial charge on any atom is -0.443 e. The Morgan fingerprint density at radius 1 is 1.20 bits per heavy atom. The fourth-order valence-electron chi connectivity index (χ4n) is 3.86. The number of amides is 2. The topological polar surface area (TPSA) is 89.8 Å². The van der Waals surface area contributed by atoms with Crippen LogP contribution in [0.2, 0.25) is 0 Å². The molecule has 1 aliphatic heterocycles. The van der Waals surface area contributed by atoms with E-state index >= 15 is 0 Å². The van der Waals surface area contributed by atoms with Crippen molar-refractivity contribution in [3.05, 3.63) is 74.2 Å². The summed E-state index contributed by atoms with van der Waals surface area (Å²) in [5.74, 6) is -1.31. The number of para-hydroxylation sites is 1. The van der Waals surface area contributed by atoms with Crippen molar-refractivity contribution < 1.29 is 19.2 Å². The van der Waals surface area contributed by atoms with Gasteiger partial charge in [-0.1, -0.05) is 46.3 Å². The summed E-state index contributed by atoms with van der Waals surface area (Å²) in [6, 6.07) is 14.0. The number of rotatable bonds is 4. The second kappa shape index (κ2) is 7.83. The zero-order valence-corrected chi connectivity index (χ0v) is 18.8. The Morgan fingerprint density at radius 2 is 1.80 bits per heavy atom. The maximum atomic E-state index is 13.7. The summed E-state index contributed by atoms with van der Waals surface area (Å²) in [5, 5.41) is 11.6. The first-order valence-corrected chi connectivity index (χ1v) is 10.3. The molecule has 0 saturated heterocycles. The molecule has 8 heteroatoms. The van der Waals surface area contributed by atoms with Gasteiger partial charge in [0.25, 0.3) is 0 Å². The standard InChI is InChI=1S/C22H23BrN2O5/c1-21(2,3)30-20(27)25-18-8-6-5-7-16(18)22(4,19(25)26)17(13-24(28)29)14-9-11-15(23)12-10-14/h5-12,17H,13H2,1-4H3/t17-,22-/m0/s1. The first-order valence-electron chi connectivity index (χ1n) is 9.49. The number of hydrogen-bond acceptors (Lipinski definition) is 5. The molecule has 0 fully saturated rings. The maximum Gasteiger partial charge on any atom is 0.421 e. The van der Waals surface area contributed by atoms with Crippen LogP contribution in [0, 0.1) is 10.1 Å². The lowest BCUT2D eigenvalue weighted by molar-refractivity contribution is -0.484. The predicted molar refractivity (Wildman–Crippen MR) is 116 cm³/mol. The minimum absolute atomic E-state index is 0.393. The highest BCUT2D eigenvalue weighted by Gasteiger charge is 2.56. The first-order chi connectivity index (χ1) is 13.9. The molecule has 3 rings (SSSR count). The smallest absolute Gasteiger partial charge is 0.421 e. The highest BCUT2D eigenvalue weighted by molar-refractivity contribution is 9.10. The first kappa shape index (κ1) is 22.0. The number of anilines is 1. The number of carbonyl (C=O) groups is 2. The van der Waals surface area contributed by atoms with Gasteiger partial charge >= 0.3 is 6.09 Å². The van der Waals surface area contributed by atoms with Crippen LogP contribution in [0.4, 0.5) is 10.5 Å². The molecule has 0 unspecified atom stereocenters. The van der Waals surface area contributed by atoms with E-state index in [1.54, 1.807) is 76.2 Å². The second-order valence-corrected chi connectivity index (χ2v) is 9.38. The van der Waals surface area contributed by atoms with Gasteiger partial charge in [0.1, 0.15) is 5.60 Å². The van der Waals surface area contributed by atoms with E-state index in [4.69, 9.17) is 4.74 Å². The SMILES string of the molecule is CC(C)(C)OC(=O)N1C(=O)[C@](C)([C@@H](C[N+](=O)[O-])c2ccc(Br)cc2)c2ccccc21. The molecule has 0 saturated carbocycles. The van der Waals surface area contributed by atoms with Crippen LogP contribution in [0.3, 0.4) is 0 Å². The Balaban J connectivity index is 2.16. The van der Waals surface area contributed by atoms with Gasteiger partial charge in [-0.3, -0.25) is 14.9 Å². The van der Waals surface area contributed by atoms with E-state index in [-0.39, 0.29) is 0 Å². The van der Waals surface area contributed by atoms with Crippen molar-refractivity contribution in [1.29, 1.82) is 0 Å². The van der Waals surface area contributed by atoms with Crippen LogP contribution in [0.15, 0.2) is 53.0 Å². The van der Waals surface area contributed by atoms with E-state index < -0.39 is 40.4 Å². The van der Waals surface area contributed by atoms with Crippen LogP contribution < -0.4 is 4.90 Å². The van der Waals surface area contributed by atoms with Crippen molar-refractivity contribution in [3.63, 3.8) is 0 Å². The van der Waals surface area contributed by atoms with E-state index in [9.17, 15) is 19.7 Å². The number of benzene rings is 2. The number of nitrogens with zero attached hydrogens (tertiary/aromatic N) is 2. The summed E-state index contributed by atoms with van der Waals surface area (Å²) in [5.41, 5.74) is -0.502. The van der Waals surface area contributed by atoms with Crippen molar-refractivity contribution in [2.24, 2.45) is 0 Å². The van der Waals surface area contributed by atoms with E-state index in [2.05, 4.69) is 15.9 Å². The Hall–Kier alpha value is -2.74. The molecule has 30 heavy (non-hydrogen) atoms. The summed E-state index contributed by atoms with van der Waals surface area (Å²) < 4.78 is 6.27. The largest absolute Gasteiger partial charge is 0.443 e. The molecule has 0 N–H and O–H groups in total. The van der Waals surface area contributed by atoms with Crippen molar-refractivity contribution in [3.8, 4) is 0 Å². The summed E-state index contributed by atoms with van der Waals surface area (Å²) in [7, 11) is 0. The molecule has 1 heterocycles. The van der Waals surface area contributed by atoms with Crippen LogP contribution in [-0.2, 0) is 14.9 Å². The third kappa shape index (κ3) is 3.96. The molecule has 2 aromatic rings. The van der Waals surface area contributed by atoms with E-state index in [1.165, 1.54) is 0 Å². The summed E-state index contributed by atoms with van der Waals surface area (Å²) in [4.78, 5) is 38.7. The summed E-state index contributed by atoms with van der Waals surface area (Å²) in [6.07, 6.45) is -0.792. The zero-order valence-electron chi connectivity index (χ0n) is 17.2. The van der Waals surface area contributed by atoms with Gasteiger partial charge in [-0.2, -0.15) is 0 Å². The third-order valence-electron chi connectivity index (χ3n) is 5.23. The highest BCUT2D eigenvalue weighted by atomic mass is 79.9. The molecular formula is C22H23BrN2O5. The summed E-state index contributed by atoms with van der Waals surface area (Å²) in [6.45, 7) is 6.35. The van der Waals surface area contributed by atoms with Gasteiger partial charge < -0.3 is 4.74 Å². The van der Waals surface area contributed by atoms with Crippen LogP contribution in [0.5, 0.6) is 0 Å². The fraction of sp³-hybridized carbons (Fsp3) is 0.364.